The number of methoxy groups -OCH3 is 2. The van der Waals surface area contributed by atoms with Gasteiger partial charge >= 0.3 is 0 Å². The second kappa shape index (κ2) is 9.34. The predicted molar refractivity (Wildman–Crippen MR) is 135 cm³/mol. The van der Waals surface area contributed by atoms with Gasteiger partial charge in [-0.05, 0) is 55.2 Å². The van der Waals surface area contributed by atoms with Crippen molar-refractivity contribution >= 4 is 22.6 Å². The maximum Gasteiger partial charge on any atom is 0.245 e. The molecule has 0 radical (unpaired) electrons. The quantitative estimate of drug-likeness (QED) is 0.435. The Balaban J connectivity index is 1.35. The van der Waals surface area contributed by atoms with Crippen LogP contribution in [0.3, 0.4) is 0 Å². The third-order valence-corrected chi connectivity index (χ3v) is 7.01. The van der Waals surface area contributed by atoms with Crippen LogP contribution in [0, 0.1) is 17.3 Å². The third kappa shape index (κ3) is 4.54. The highest BCUT2D eigenvalue weighted by atomic mass is 16.5. The van der Waals surface area contributed by atoms with E-state index in [0.29, 0.717) is 23.2 Å². The lowest BCUT2D eigenvalue weighted by Gasteiger charge is -2.53. The number of aromatic amines is 1. The van der Waals surface area contributed by atoms with E-state index in [-0.39, 0.29) is 11.3 Å². The fraction of sp³-hybridized carbons (Fsp3) is 0.370. The van der Waals surface area contributed by atoms with Crippen molar-refractivity contribution in [3.05, 3.63) is 54.6 Å². The molecule has 3 aromatic rings. The number of nitrogens with one attached hydrogen (secondary N) is 2. The predicted octanol–water partition coefficient (Wildman–Crippen LogP) is 3.74. The van der Waals surface area contributed by atoms with E-state index >= 15 is 0 Å². The van der Waals surface area contributed by atoms with Gasteiger partial charge in [0.2, 0.25) is 5.91 Å². The van der Waals surface area contributed by atoms with Crippen LogP contribution in [-0.4, -0.2) is 59.1 Å². The number of amides is 1. The summed E-state index contributed by atoms with van der Waals surface area (Å²) in [7, 11) is 3.23. The molecule has 1 saturated carbocycles. The first-order valence-corrected chi connectivity index (χ1v) is 11.8. The van der Waals surface area contributed by atoms with Crippen molar-refractivity contribution in [3.63, 3.8) is 0 Å². The van der Waals surface area contributed by atoms with E-state index in [1.165, 1.54) is 12.4 Å². The molecule has 1 spiro atoms. The number of piperidine rings is 1. The number of likely N-dealkylation sites (tertiary alicyclic amines) is 1. The summed E-state index contributed by atoms with van der Waals surface area (Å²) in [5, 5.41) is 4.54. The first kappa shape index (κ1) is 22.8. The number of carbonyl (C=O) groups excluding carboxylic acids is 1. The largest absolute Gasteiger partial charge is 0.497 e. The van der Waals surface area contributed by atoms with Gasteiger partial charge in [0.05, 0.1) is 25.3 Å². The van der Waals surface area contributed by atoms with Gasteiger partial charge in [-0.1, -0.05) is 12.5 Å². The first-order valence-electron chi connectivity index (χ1n) is 11.8. The van der Waals surface area contributed by atoms with Crippen molar-refractivity contribution in [1.82, 2.24) is 19.9 Å². The van der Waals surface area contributed by atoms with E-state index in [0.717, 1.165) is 61.1 Å². The molecule has 8 heteroatoms. The standard InChI is InChI=1S/C27H29N5O3/c1-4-24(33)32-9-5-8-27(16-32)13-19(14-27)31-23-15-28-26-25(23)22(29-17-30-26)7-6-18-10-20(34-2)12-21(11-18)35-3/h4,10-12,15,17,19,31H,1,5,8-9,13-14,16H2,2-3H3,(H,28,29,30). The lowest BCUT2D eigenvalue weighted by Crippen LogP contribution is -2.55. The van der Waals surface area contributed by atoms with Crippen LogP contribution in [0.2, 0.25) is 0 Å². The van der Waals surface area contributed by atoms with Gasteiger partial charge in [0.1, 0.15) is 29.2 Å². The zero-order valence-corrected chi connectivity index (χ0v) is 20.1. The zero-order chi connectivity index (χ0) is 24.4. The van der Waals surface area contributed by atoms with E-state index in [2.05, 4.69) is 38.7 Å². The number of anilines is 1. The molecule has 8 nitrogen and oxygen atoms in total. The SMILES string of the molecule is C=CC(=O)N1CCCC2(CC(Nc3c[nH]c4ncnc(C#Cc5cc(OC)cc(OC)c5)c34)C2)C1. The van der Waals surface area contributed by atoms with E-state index in [9.17, 15) is 4.79 Å². The second-order valence-electron chi connectivity index (χ2n) is 9.32. The molecule has 0 unspecified atom stereocenters. The molecule has 3 heterocycles. The Hall–Kier alpha value is -3.99. The lowest BCUT2D eigenvalue weighted by molar-refractivity contribution is -0.131. The molecule has 1 aliphatic carbocycles. The summed E-state index contributed by atoms with van der Waals surface area (Å²) in [5.41, 5.74) is 3.31. The number of hydrogen-bond donors (Lipinski definition) is 2. The van der Waals surface area contributed by atoms with E-state index in [1.807, 2.05) is 29.3 Å². The molecule has 1 aliphatic heterocycles. The molecule has 1 amide bonds. The fourth-order valence-corrected chi connectivity index (χ4v) is 5.35. The number of hydrogen-bond acceptors (Lipinski definition) is 6. The highest BCUT2D eigenvalue weighted by Gasteiger charge is 2.47. The Morgan fingerprint density at radius 3 is 2.71 bits per heavy atom. The van der Waals surface area contributed by atoms with E-state index in [4.69, 9.17) is 9.47 Å². The fourth-order valence-electron chi connectivity index (χ4n) is 5.35. The van der Waals surface area contributed by atoms with Crippen molar-refractivity contribution < 1.29 is 14.3 Å². The van der Waals surface area contributed by atoms with Crippen LogP contribution in [0.1, 0.15) is 36.9 Å². The number of benzene rings is 1. The highest BCUT2D eigenvalue weighted by Crippen LogP contribution is 2.49. The highest BCUT2D eigenvalue weighted by molar-refractivity contribution is 5.94. The summed E-state index contributed by atoms with van der Waals surface area (Å²) >= 11 is 0. The third-order valence-electron chi connectivity index (χ3n) is 7.01. The number of carbonyl (C=O) groups is 1. The van der Waals surface area contributed by atoms with Crippen LogP contribution in [0.4, 0.5) is 5.69 Å². The molecule has 1 saturated heterocycles. The molecule has 180 valence electrons. The number of ether oxygens (including phenoxy) is 2. The van der Waals surface area contributed by atoms with Crippen LogP contribution >= 0.6 is 0 Å². The summed E-state index contributed by atoms with van der Waals surface area (Å²) in [6, 6.07) is 5.87. The van der Waals surface area contributed by atoms with Gasteiger partial charge in [-0.15, -0.1) is 0 Å². The van der Waals surface area contributed by atoms with Gasteiger partial charge in [-0.3, -0.25) is 4.79 Å². The molecule has 2 fully saturated rings. The number of nitrogens with zero attached hydrogens (tertiary/aromatic N) is 3. The first-order chi connectivity index (χ1) is 17.0. The smallest absolute Gasteiger partial charge is 0.245 e. The molecule has 2 N–H and O–H groups in total. The van der Waals surface area contributed by atoms with Gasteiger partial charge in [0, 0.05) is 37.0 Å². The summed E-state index contributed by atoms with van der Waals surface area (Å²) in [6.07, 6.45) is 9.12. The Morgan fingerprint density at radius 2 is 2.00 bits per heavy atom. The molecule has 5 rings (SSSR count). The Morgan fingerprint density at radius 1 is 1.23 bits per heavy atom. The van der Waals surface area contributed by atoms with Crippen LogP contribution in [0.15, 0.2) is 43.4 Å². The van der Waals surface area contributed by atoms with Gasteiger partial charge in [-0.2, -0.15) is 0 Å². The Bertz CT molecular complexity index is 1310. The number of H-pyrrole nitrogens is 1. The van der Waals surface area contributed by atoms with Gasteiger partial charge < -0.3 is 24.7 Å². The normalized spacial score (nSPS) is 21.1. The van der Waals surface area contributed by atoms with Crippen molar-refractivity contribution in [1.29, 1.82) is 0 Å². The van der Waals surface area contributed by atoms with Crippen molar-refractivity contribution in [2.45, 2.75) is 31.7 Å². The van der Waals surface area contributed by atoms with Crippen LogP contribution in [0.25, 0.3) is 11.0 Å². The maximum atomic E-state index is 12.1. The minimum atomic E-state index is 0.0335. The molecule has 0 bridgehead atoms. The molecular weight excluding hydrogens is 442 g/mol. The summed E-state index contributed by atoms with van der Waals surface area (Å²) in [4.78, 5) is 26.1. The second-order valence-corrected chi connectivity index (χ2v) is 9.32. The Labute approximate surface area is 204 Å². The van der Waals surface area contributed by atoms with Gasteiger partial charge in [-0.25, -0.2) is 9.97 Å². The minimum Gasteiger partial charge on any atom is -0.497 e. The molecule has 1 aromatic carbocycles. The average Bonchev–Trinajstić information content (AvgIpc) is 3.29. The van der Waals surface area contributed by atoms with Crippen LogP contribution in [-0.2, 0) is 4.79 Å². The number of rotatable bonds is 5. The van der Waals surface area contributed by atoms with E-state index in [1.54, 1.807) is 14.2 Å². The molecule has 0 atom stereocenters. The van der Waals surface area contributed by atoms with E-state index < -0.39 is 0 Å². The lowest BCUT2D eigenvalue weighted by atomic mass is 9.61. The summed E-state index contributed by atoms with van der Waals surface area (Å²) in [6.45, 7) is 5.28. The summed E-state index contributed by atoms with van der Waals surface area (Å²) < 4.78 is 10.7. The van der Waals surface area contributed by atoms with Crippen molar-refractivity contribution in [2.75, 3.05) is 32.6 Å². The summed E-state index contributed by atoms with van der Waals surface area (Å²) in [5.74, 6) is 7.77. The monoisotopic (exact) mass is 471 g/mol. The molecule has 2 aliphatic rings. The van der Waals surface area contributed by atoms with Crippen LogP contribution in [0.5, 0.6) is 11.5 Å². The minimum absolute atomic E-state index is 0.0335. The average molecular weight is 472 g/mol. The molecule has 35 heavy (non-hydrogen) atoms. The number of fused-ring (bicyclic) bond motifs is 1. The van der Waals surface area contributed by atoms with Gasteiger partial charge in [0.15, 0.2) is 0 Å². The van der Waals surface area contributed by atoms with Crippen molar-refractivity contribution in [2.24, 2.45) is 5.41 Å². The zero-order valence-electron chi connectivity index (χ0n) is 20.1. The van der Waals surface area contributed by atoms with Crippen molar-refractivity contribution in [3.8, 4) is 23.3 Å². The molecular formula is C27H29N5O3. The molecule has 2 aromatic heterocycles. The van der Waals surface area contributed by atoms with Gasteiger partial charge in [0.25, 0.3) is 0 Å². The van der Waals surface area contributed by atoms with Crippen LogP contribution < -0.4 is 14.8 Å². The maximum absolute atomic E-state index is 12.1. The Kier molecular flexibility index (Phi) is 6.08. The topological polar surface area (TPSA) is 92.4 Å². The number of aromatic nitrogens is 3.